The number of carboxylic acids is 1. The summed E-state index contributed by atoms with van der Waals surface area (Å²) in [6, 6.07) is 8.28. The van der Waals surface area contributed by atoms with Crippen molar-refractivity contribution >= 4 is 17.7 Å². The third-order valence-corrected chi connectivity index (χ3v) is 4.07. The van der Waals surface area contributed by atoms with E-state index in [2.05, 4.69) is 23.2 Å². The molecule has 5 nitrogen and oxygen atoms in total. The first-order chi connectivity index (χ1) is 10.0. The maximum atomic E-state index is 10.8. The molecule has 0 amide bonds. The molecule has 0 aliphatic carbocycles. The van der Waals surface area contributed by atoms with E-state index in [1.807, 2.05) is 36.6 Å². The van der Waals surface area contributed by atoms with E-state index in [0.717, 1.165) is 17.8 Å². The SMILES string of the molecule is CCc1ccccc1-c1nnc(SCC(=O)O)n1C(C)C. The first kappa shape index (κ1) is 15.6. The molecule has 1 N–H and O–H groups in total. The van der Waals surface area contributed by atoms with E-state index in [-0.39, 0.29) is 11.8 Å². The Morgan fingerprint density at radius 2 is 2.05 bits per heavy atom. The second kappa shape index (κ2) is 6.76. The van der Waals surface area contributed by atoms with Crippen molar-refractivity contribution in [2.45, 2.75) is 38.4 Å². The number of hydrogen-bond donors (Lipinski definition) is 1. The minimum atomic E-state index is -0.853. The number of aryl methyl sites for hydroxylation is 1. The lowest BCUT2D eigenvalue weighted by Gasteiger charge is -2.15. The Morgan fingerprint density at radius 3 is 2.67 bits per heavy atom. The molecule has 0 atom stereocenters. The summed E-state index contributed by atoms with van der Waals surface area (Å²) >= 11 is 1.20. The Morgan fingerprint density at radius 1 is 1.33 bits per heavy atom. The quantitative estimate of drug-likeness (QED) is 0.830. The highest BCUT2D eigenvalue weighted by Crippen LogP contribution is 2.29. The van der Waals surface area contributed by atoms with Crippen LogP contribution in [0.2, 0.25) is 0 Å². The van der Waals surface area contributed by atoms with Gasteiger partial charge in [-0.15, -0.1) is 10.2 Å². The monoisotopic (exact) mass is 305 g/mol. The largest absolute Gasteiger partial charge is 0.481 e. The molecule has 21 heavy (non-hydrogen) atoms. The van der Waals surface area contributed by atoms with Gasteiger partial charge in [0.2, 0.25) is 0 Å². The van der Waals surface area contributed by atoms with Gasteiger partial charge in [0, 0.05) is 11.6 Å². The highest BCUT2D eigenvalue weighted by Gasteiger charge is 2.19. The van der Waals surface area contributed by atoms with Crippen LogP contribution in [0, 0.1) is 0 Å². The van der Waals surface area contributed by atoms with Gasteiger partial charge in [-0.1, -0.05) is 43.0 Å². The fraction of sp³-hybridized carbons (Fsp3) is 0.400. The maximum Gasteiger partial charge on any atom is 0.313 e. The van der Waals surface area contributed by atoms with Crippen molar-refractivity contribution in [2.75, 3.05) is 5.75 Å². The van der Waals surface area contributed by atoms with Crippen LogP contribution in [0.3, 0.4) is 0 Å². The minimum absolute atomic E-state index is 0.0136. The molecule has 0 unspecified atom stereocenters. The van der Waals surface area contributed by atoms with Crippen LogP contribution in [-0.2, 0) is 11.2 Å². The molecule has 1 heterocycles. The molecule has 0 bridgehead atoms. The first-order valence-corrected chi connectivity index (χ1v) is 7.91. The second-order valence-corrected chi connectivity index (χ2v) is 5.91. The molecule has 0 saturated heterocycles. The van der Waals surface area contributed by atoms with E-state index in [4.69, 9.17) is 5.11 Å². The van der Waals surface area contributed by atoms with Crippen LogP contribution in [0.25, 0.3) is 11.4 Å². The van der Waals surface area contributed by atoms with E-state index < -0.39 is 5.97 Å². The van der Waals surface area contributed by atoms with Gasteiger partial charge in [-0.2, -0.15) is 0 Å². The van der Waals surface area contributed by atoms with Gasteiger partial charge in [0.05, 0.1) is 5.75 Å². The predicted molar refractivity (Wildman–Crippen MR) is 83.6 cm³/mol. The minimum Gasteiger partial charge on any atom is -0.481 e. The van der Waals surface area contributed by atoms with Crippen molar-refractivity contribution in [3.63, 3.8) is 0 Å². The van der Waals surface area contributed by atoms with Crippen molar-refractivity contribution in [1.29, 1.82) is 0 Å². The molecule has 0 aliphatic rings. The molecule has 0 radical (unpaired) electrons. The molecule has 2 rings (SSSR count). The van der Waals surface area contributed by atoms with E-state index in [9.17, 15) is 4.79 Å². The lowest BCUT2D eigenvalue weighted by molar-refractivity contribution is -0.133. The molecule has 0 saturated carbocycles. The van der Waals surface area contributed by atoms with Crippen LogP contribution in [0.5, 0.6) is 0 Å². The number of aromatic nitrogens is 3. The normalized spacial score (nSPS) is 11.0. The molecule has 1 aromatic carbocycles. The molecule has 2 aromatic rings. The number of carbonyl (C=O) groups is 1. The third kappa shape index (κ3) is 3.44. The van der Waals surface area contributed by atoms with Gasteiger partial charge in [0.15, 0.2) is 11.0 Å². The van der Waals surface area contributed by atoms with Crippen LogP contribution >= 0.6 is 11.8 Å². The van der Waals surface area contributed by atoms with Gasteiger partial charge in [0.25, 0.3) is 0 Å². The summed E-state index contributed by atoms with van der Waals surface area (Å²) in [6.07, 6.45) is 0.915. The zero-order valence-electron chi connectivity index (χ0n) is 12.4. The molecule has 6 heteroatoms. The topological polar surface area (TPSA) is 68.0 Å². The highest BCUT2D eigenvalue weighted by atomic mass is 32.2. The van der Waals surface area contributed by atoms with Crippen molar-refractivity contribution in [3.8, 4) is 11.4 Å². The molecular weight excluding hydrogens is 286 g/mol. The Labute approximate surface area is 128 Å². The first-order valence-electron chi connectivity index (χ1n) is 6.92. The number of hydrogen-bond acceptors (Lipinski definition) is 4. The van der Waals surface area contributed by atoms with E-state index >= 15 is 0 Å². The zero-order valence-corrected chi connectivity index (χ0v) is 13.2. The highest BCUT2D eigenvalue weighted by molar-refractivity contribution is 7.99. The number of thioether (sulfide) groups is 1. The fourth-order valence-electron chi connectivity index (χ4n) is 2.20. The molecule has 0 aliphatic heterocycles. The Bertz CT molecular complexity index is 638. The fourth-order valence-corrected chi connectivity index (χ4v) is 2.99. The summed E-state index contributed by atoms with van der Waals surface area (Å²) in [5.74, 6) is -0.0653. The third-order valence-electron chi connectivity index (χ3n) is 3.14. The summed E-state index contributed by atoms with van der Waals surface area (Å²) in [7, 11) is 0. The lowest BCUT2D eigenvalue weighted by atomic mass is 10.0. The number of carboxylic acid groups (broad SMARTS) is 1. The van der Waals surface area contributed by atoms with Crippen molar-refractivity contribution in [2.24, 2.45) is 0 Å². The second-order valence-electron chi connectivity index (χ2n) is 4.96. The van der Waals surface area contributed by atoms with Gasteiger partial charge in [0.1, 0.15) is 0 Å². The van der Waals surface area contributed by atoms with Crippen LogP contribution in [0.1, 0.15) is 32.4 Å². The molecule has 112 valence electrons. The Balaban J connectivity index is 2.46. The van der Waals surface area contributed by atoms with Crippen molar-refractivity contribution in [3.05, 3.63) is 29.8 Å². The standard InChI is InChI=1S/C15H19N3O2S/c1-4-11-7-5-6-8-12(11)14-16-17-15(18(14)10(2)3)21-9-13(19)20/h5-8,10H,4,9H2,1-3H3,(H,19,20). The van der Waals surface area contributed by atoms with Gasteiger partial charge in [-0.3, -0.25) is 9.36 Å². The smallest absolute Gasteiger partial charge is 0.313 e. The summed E-state index contributed by atoms with van der Waals surface area (Å²) in [4.78, 5) is 10.8. The molecule has 0 fully saturated rings. The van der Waals surface area contributed by atoms with Crippen LogP contribution in [0.4, 0.5) is 0 Å². The van der Waals surface area contributed by atoms with Gasteiger partial charge >= 0.3 is 5.97 Å². The van der Waals surface area contributed by atoms with Crippen LogP contribution < -0.4 is 0 Å². The molecular formula is C15H19N3O2S. The average Bonchev–Trinajstić information content (AvgIpc) is 2.88. The molecule has 0 spiro atoms. The summed E-state index contributed by atoms with van der Waals surface area (Å²) in [5.41, 5.74) is 2.27. The predicted octanol–water partition coefficient (Wildman–Crippen LogP) is 3.27. The van der Waals surface area contributed by atoms with Crippen molar-refractivity contribution < 1.29 is 9.90 Å². The molecule has 1 aromatic heterocycles. The number of nitrogens with zero attached hydrogens (tertiary/aromatic N) is 3. The van der Waals surface area contributed by atoms with E-state index in [0.29, 0.717) is 5.16 Å². The lowest BCUT2D eigenvalue weighted by Crippen LogP contribution is -2.07. The number of benzene rings is 1. The van der Waals surface area contributed by atoms with E-state index in [1.54, 1.807) is 0 Å². The van der Waals surface area contributed by atoms with E-state index in [1.165, 1.54) is 17.3 Å². The summed E-state index contributed by atoms with van der Waals surface area (Å²) in [6.45, 7) is 6.20. The average molecular weight is 305 g/mol. The van der Waals surface area contributed by atoms with Gasteiger partial charge < -0.3 is 5.11 Å². The number of rotatable bonds is 6. The van der Waals surface area contributed by atoms with Gasteiger partial charge in [-0.05, 0) is 25.8 Å². The van der Waals surface area contributed by atoms with Crippen LogP contribution in [-0.4, -0.2) is 31.6 Å². The van der Waals surface area contributed by atoms with Gasteiger partial charge in [-0.25, -0.2) is 0 Å². The Hall–Kier alpha value is -1.82. The number of aliphatic carboxylic acids is 1. The maximum absolute atomic E-state index is 10.8. The Kier molecular flexibility index (Phi) is 5.01. The summed E-state index contributed by atoms with van der Waals surface area (Å²) < 4.78 is 2.00. The zero-order chi connectivity index (χ0) is 15.4. The summed E-state index contributed by atoms with van der Waals surface area (Å²) in [5, 5.41) is 17.9. The van der Waals surface area contributed by atoms with Crippen molar-refractivity contribution in [1.82, 2.24) is 14.8 Å². The van der Waals surface area contributed by atoms with Crippen LogP contribution in [0.15, 0.2) is 29.4 Å².